The van der Waals surface area contributed by atoms with Crippen LogP contribution in [0.4, 0.5) is 13.2 Å². The Balaban J connectivity index is 1.34. The number of benzene rings is 1. The number of amides is 2. The van der Waals surface area contributed by atoms with E-state index in [4.69, 9.17) is 4.74 Å². The predicted octanol–water partition coefficient (Wildman–Crippen LogP) is 3.51. The molecule has 0 radical (unpaired) electrons. The third-order valence-electron chi connectivity index (χ3n) is 6.53. The summed E-state index contributed by atoms with van der Waals surface area (Å²) in [5, 5.41) is 0. The van der Waals surface area contributed by atoms with E-state index in [1.807, 2.05) is 10.8 Å². The van der Waals surface area contributed by atoms with E-state index in [0.29, 0.717) is 37.2 Å². The molecule has 0 saturated carbocycles. The number of likely N-dealkylation sites (tertiary alicyclic amines) is 2. The van der Waals surface area contributed by atoms with Crippen molar-refractivity contribution in [3.8, 4) is 0 Å². The van der Waals surface area contributed by atoms with Gasteiger partial charge in [0.1, 0.15) is 5.69 Å². The first kappa shape index (κ1) is 23.8. The number of esters is 1. The summed E-state index contributed by atoms with van der Waals surface area (Å²) >= 11 is 0. The lowest BCUT2D eigenvalue weighted by Gasteiger charge is -2.34. The van der Waals surface area contributed by atoms with Gasteiger partial charge in [0.2, 0.25) is 11.8 Å². The van der Waals surface area contributed by atoms with Crippen LogP contribution in [0.1, 0.15) is 46.9 Å². The van der Waals surface area contributed by atoms with Crippen molar-refractivity contribution in [3.05, 3.63) is 59.4 Å². The molecule has 0 bridgehead atoms. The number of piperidine rings is 1. The SMILES string of the molecule is COC(=O)c1cccn1C1CCN(C(=O)C2CC(=O)N(Cc3cccc(C(F)(F)F)c3)C2)CC1. The quantitative estimate of drug-likeness (QED) is 0.618. The number of methoxy groups -OCH3 is 1. The van der Waals surface area contributed by atoms with Crippen LogP contribution in [0.2, 0.25) is 0 Å². The van der Waals surface area contributed by atoms with Crippen molar-refractivity contribution in [3.63, 3.8) is 0 Å². The highest BCUT2D eigenvalue weighted by atomic mass is 19.4. The van der Waals surface area contributed by atoms with Crippen LogP contribution >= 0.6 is 0 Å². The van der Waals surface area contributed by atoms with Crippen molar-refractivity contribution >= 4 is 17.8 Å². The summed E-state index contributed by atoms with van der Waals surface area (Å²) in [6, 6.07) is 8.45. The number of carbonyl (C=O) groups excluding carboxylic acids is 3. The molecule has 1 aromatic carbocycles. The van der Waals surface area contributed by atoms with E-state index in [1.54, 1.807) is 23.1 Å². The summed E-state index contributed by atoms with van der Waals surface area (Å²) < 4.78 is 45.6. The molecule has 1 atom stereocenters. The molecule has 2 aliphatic heterocycles. The zero-order chi connectivity index (χ0) is 24.5. The third-order valence-corrected chi connectivity index (χ3v) is 6.53. The van der Waals surface area contributed by atoms with Crippen molar-refractivity contribution in [2.75, 3.05) is 26.7 Å². The molecular weight excluding hydrogens is 451 g/mol. The van der Waals surface area contributed by atoms with Crippen LogP contribution in [0.3, 0.4) is 0 Å². The monoisotopic (exact) mass is 477 g/mol. The van der Waals surface area contributed by atoms with Crippen molar-refractivity contribution in [1.82, 2.24) is 14.4 Å². The topological polar surface area (TPSA) is 71.8 Å². The Kier molecular flexibility index (Phi) is 6.67. The molecule has 34 heavy (non-hydrogen) atoms. The number of halogens is 3. The van der Waals surface area contributed by atoms with E-state index >= 15 is 0 Å². The number of hydrogen-bond donors (Lipinski definition) is 0. The van der Waals surface area contributed by atoms with Crippen molar-refractivity contribution in [2.45, 2.75) is 38.0 Å². The Labute approximate surface area is 195 Å². The lowest BCUT2D eigenvalue weighted by Crippen LogP contribution is -2.43. The fourth-order valence-electron chi connectivity index (χ4n) is 4.77. The second-order valence-electron chi connectivity index (χ2n) is 8.72. The average molecular weight is 477 g/mol. The molecule has 3 heterocycles. The molecule has 0 spiro atoms. The van der Waals surface area contributed by atoms with E-state index in [1.165, 1.54) is 18.1 Å². The van der Waals surface area contributed by atoms with Gasteiger partial charge in [-0.25, -0.2) is 4.79 Å². The Morgan fingerprint density at radius 2 is 1.85 bits per heavy atom. The molecule has 2 fully saturated rings. The number of ether oxygens (including phenoxy) is 1. The maximum Gasteiger partial charge on any atom is 0.416 e. The van der Waals surface area contributed by atoms with Gasteiger partial charge in [-0.15, -0.1) is 0 Å². The lowest BCUT2D eigenvalue weighted by molar-refractivity contribution is -0.138. The maximum absolute atomic E-state index is 13.1. The molecule has 1 aromatic heterocycles. The normalized spacial score (nSPS) is 19.5. The van der Waals surface area contributed by atoms with Crippen LogP contribution in [-0.2, 0) is 27.0 Å². The zero-order valence-electron chi connectivity index (χ0n) is 18.8. The van der Waals surface area contributed by atoms with E-state index in [9.17, 15) is 27.6 Å². The molecule has 2 aliphatic rings. The fraction of sp³-hybridized carbons (Fsp3) is 0.458. The van der Waals surface area contributed by atoms with Gasteiger partial charge in [-0.1, -0.05) is 12.1 Å². The molecule has 2 saturated heterocycles. The average Bonchev–Trinajstić information content (AvgIpc) is 3.45. The minimum Gasteiger partial charge on any atom is -0.464 e. The number of aromatic nitrogens is 1. The molecule has 0 N–H and O–H groups in total. The van der Waals surface area contributed by atoms with Gasteiger partial charge >= 0.3 is 12.1 Å². The van der Waals surface area contributed by atoms with Crippen LogP contribution in [0.5, 0.6) is 0 Å². The van der Waals surface area contributed by atoms with Crippen molar-refractivity contribution in [2.24, 2.45) is 5.92 Å². The number of hydrogen-bond acceptors (Lipinski definition) is 4. The first-order chi connectivity index (χ1) is 16.2. The van der Waals surface area contributed by atoms with Crippen LogP contribution in [-0.4, -0.2) is 58.9 Å². The van der Waals surface area contributed by atoms with Gasteiger partial charge < -0.3 is 19.1 Å². The first-order valence-corrected chi connectivity index (χ1v) is 11.1. The van der Waals surface area contributed by atoms with E-state index < -0.39 is 23.6 Å². The summed E-state index contributed by atoms with van der Waals surface area (Å²) in [4.78, 5) is 40.7. The second-order valence-corrected chi connectivity index (χ2v) is 8.72. The van der Waals surface area contributed by atoms with Gasteiger partial charge in [0.15, 0.2) is 0 Å². The Hall–Kier alpha value is -3.30. The van der Waals surface area contributed by atoms with Gasteiger partial charge in [0, 0.05) is 44.8 Å². The summed E-state index contributed by atoms with van der Waals surface area (Å²) in [5.74, 6) is -1.26. The van der Waals surface area contributed by atoms with Crippen molar-refractivity contribution < 1.29 is 32.3 Å². The molecule has 2 aromatic rings. The smallest absolute Gasteiger partial charge is 0.416 e. The lowest BCUT2D eigenvalue weighted by atomic mass is 10.0. The molecular formula is C24H26F3N3O4. The second kappa shape index (κ2) is 9.52. The fourth-order valence-corrected chi connectivity index (χ4v) is 4.77. The molecule has 1 unspecified atom stereocenters. The van der Waals surface area contributed by atoms with E-state index in [0.717, 1.165) is 12.1 Å². The summed E-state index contributed by atoms with van der Waals surface area (Å²) in [7, 11) is 1.33. The van der Waals surface area contributed by atoms with E-state index in [2.05, 4.69) is 0 Å². The minimum atomic E-state index is -4.45. The number of rotatable bonds is 5. The molecule has 2 amide bonds. The van der Waals surface area contributed by atoms with E-state index in [-0.39, 0.29) is 37.4 Å². The Bertz CT molecular complexity index is 1070. The molecule has 7 nitrogen and oxygen atoms in total. The van der Waals surface area contributed by atoms with Gasteiger partial charge in [-0.2, -0.15) is 13.2 Å². The summed E-state index contributed by atoms with van der Waals surface area (Å²) in [6.45, 7) is 1.23. The molecule has 182 valence electrons. The highest BCUT2D eigenvalue weighted by Gasteiger charge is 2.38. The van der Waals surface area contributed by atoms with Crippen LogP contribution in [0, 0.1) is 5.92 Å². The molecule has 0 aliphatic carbocycles. The molecule has 10 heteroatoms. The van der Waals surface area contributed by atoms with Crippen LogP contribution in [0.15, 0.2) is 42.6 Å². The van der Waals surface area contributed by atoms with Gasteiger partial charge in [0.25, 0.3) is 0 Å². The minimum absolute atomic E-state index is 0.0402. The summed E-state index contributed by atoms with van der Waals surface area (Å²) in [5.41, 5.74) is 0.0920. The first-order valence-electron chi connectivity index (χ1n) is 11.1. The molecule has 4 rings (SSSR count). The van der Waals surface area contributed by atoms with Crippen LogP contribution in [0.25, 0.3) is 0 Å². The van der Waals surface area contributed by atoms with Gasteiger partial charge in [0.05, 0.1) is 18.6 Å². The van der Waals surface area contributed by atoms with Crippen LogP contribution < -0.4 is 0 Å². The largest absolute Gasteiger partial charge is 0.464 e. The number of alkyl halides is 3. The standard InChI is InChI=1S/C24H26F3N3O4/c1-34-23(33)20-6-3-9-30(20)19-7-10-28(11-8-19)22(32)17-13-21(31)29(15-17)14-16-4-2-5-18(12-16)24(25,26)27/h2-6,9,12,17,19H,7-8,10-11,13-15H2,1H3. The Morgan fingerprint density at radius 1 is 1.12 bits per heavy atom. The number of carbonyl (C=O) groups is 3. The maximum atomic E-state index is 13.1. The third kappa shape index (κ3) is 4.95. The Morgan fingerprint density at radius 3 is 2.53 bits per heavy atom. The highest BCUT2D eigenvalue weighted by molar-refractivity contribution is 5.89. The highest BCUT2D eigenvalue weighted by Crippen LogP contribution is 2.31. The van der Waals surface area contributed by atoms with Gasteiger partial charge in [-0.05, 0) is 42.7 Å². The van der Waals surface area contributed by atoms with Crippen molar-refractivity contribution in [1.29, 1.82) is 0 Å². The summed E-state index contributed by atoms with van der Waals surface area (Å²) in [6.07, 6.45) is -1.23. The van der Waals surface area contributed by atoms with Gasteiger partial charge in [-0.3, -0.25) is 9.59 Å². The number of nitrogens with zero attached hydrogens (tertiary/aromatic N) is 3. The predicted molar refractivity (Wildman–Crippen MR) is 116 cm³/mol. The zero-order valence-corrected chi connectivity index (χ0v) is 18.8.